The Morgan fingerprint density at radius 2 is 2.21 bits per heavy atom. The lowest BCUT2D eigenvalue weighted by Crippen LogP contribution is -2.08. The van der Waals surface area contributed by atoms with Gasteiger partial charge in [0.15, 0.2) is 0 Å². The summed E-state index contributed by atoms with van der Waals surface area (Å²) in [6.45, 7) is 1.51. The summed E-state index contributed by atoms with van der Waals surface area (Å²) in [6, 6.07) is 5.51. The molecule has 0 aliphatic carbocycles. The molecule has 0 aliphatic rings. The molecule has 2 atom stereocenters. The Hall–Kier alpha value is -1.41. The maximum atomic E-state index is 12.9. The van der Waals surface area contributed by atoms with Gasteiger partial charge in [0.1, 0.15) is 11.1 Å². The highest BCUT2D eigenvalue weighted by molar-refractivity contribution is 7.86. The van der Waals surface area contributed by atoms with Crippen molar-refractivity contribution in [2.24, 2.45) is 0 Å². The van der Waals surface area contributed by atoms with Crippen LogP contribution in [0.2, 0.25) is 0 Å². The van der Waals surface area contributed by atoms with Crippen molar-refractivity contribution in [1.29, 1.82) is 5.26 Å². The van der Waals surface area contributed by atoms with E-state index in [1.165, 1.54) is 13.0 Å². The summed E-state index contributed by atoms with van der Waals surface area (Å²) in [4.78, 5) is 0.247. The van der Waals surface area contributed by atoms with Gasteiger partial charge in [-0.2, -0.15) is 5.26 Å². The summed E-state index contributed by atoms with van der Waals surface area (Å²) in [5.41, 5.74) is 5.59. The zero-order chi connectivity index (χ0) is 10.7. The standard InChI is InChI=1S/C9H9FN2OS/c1-6(5-11)14(13)9-3-7(10)2-8(12)4-9/h2-4,6H,12H2,1H3. The molecule has 5 heteroatoms. The number of halogens is 1. The quantitative estimate of drug-likeness (QED) is 0.754. The summed E-state index contributed by atoms with van der Waals surface area (Å²) < 4.78 is 24.4. The lowest BCUT2D eigenvalue weighted by atomic mass is 10.3. The second-order valence-electron chi connectivity index (χ2n) is 2.79. The molecule has 14 heavy (non-hydrogen) atoms. The Bertz CT molecular complexity index is 394. The highest BCUT2D eigenvalue weighted by atomic mass is 32.2. The van der Waals surface area contributed by atoms with Crippen LogP contribution in [0.25, 0.3) is 0 Å². The molecule has 0 heterocycles. The highest BCUT2D eigenvalue weighted by Crippen LogP contribution is 2.16. The van der Waals surface area contributed by atoms with E-state index in [1.54, 1.807) is 0 Å². The van der Waals surface area contributed by atoms with Crippen molar-refractivity contribution in [3.05, 3.63) is 24.0 Å². The Kier molecular flexibility index (Phi) is 3.20. The van der Waals surface area contributed by atoms with Gasteiger partial charge in [0.25, 0.3) is 0 Å². The van der Waals surface area contributed by atoms with E-state index in [2.05, 4.69) is 0 Å². The number of rotatable bonds is 2. The Morgan fingerprint density at radius 1 is 1.57 bits per heavy atom. The molecule has 0 amide bonds. The second kappa shape index (κ2) is 4.20. The first-order valence-corrected chi connectivity index (χ1v) is 5.12. The molecule has 0 aromatic heterocycles. The van der Waals surface area contributed by atoms with Crippen molar-refractivity contribution in [1.82, 2.24) is 0 Å². The number of nitrogen functional groups attached to an aromatic ring is 1. The highest BCUT2D eigenvalue weighted by Gasteiger charge is 2.13. The van der Waals surface area contributed by atoms with Crippen molar-refractivity contribution in [2.45, 2.75) is 17.1 Å². The zero-order valence-corrected chi connectivity index (χ0v) is 8.34. The normalized spacial score (nSPS) is 14.4. The Balaban J connectivity index is 3.09. The molecule has 0 aliphatic heterocycles. The van der Waals surface area contributed by atoms with Crippen LogP contribution in [0.3, 0.4) is 0 Å². The van der Waals surface area contributed by atoms with Gasteiger partial charge in [-0.3, -0.25) is 4.21 Å². The van der Waals surface area contributed by atoms with E-state index in [9.17, 15) is 8.60 Å². The molecule has 0 bridgehead atoms. The van der Waals surface area contributed by atoms with Crippen molar-refractivity contribution in [3.8, 4) is 6.07 Å². The molecule has 74 valence electrons. The minimum atomic E-state index is -1.53. The van der Waals surface area contributed by atoms with E-state index in [-0.39, 0.29) is 10.6 Å². The minimum Gasteiger partial charge on any atom is -0.399 e. The average Bonchev–Trinajstić information content (AvgIpc) is 2.14. The molecule has 0 saturated heterocycles. The van der Waals surface area contributed by atoms with E-state index >= 15 is 0 Å². The predicted molar refractivity (Wildman–Crippen MR) is 52.3 cm³/mol. The van der Waals surface area contributed by atoms with E-state index < -0.39 is 21.9 Å². The topological polar surface area (TPSA) is 66.9 Å². The summed E-state index contributed by atoms with van der Waals surface area (Å²) >= 11 is 0. The lowest BCUT2D eigenvalue weighted by molar-refractivity contribution is 0.623. The third-order valence-electron chi connectivity index (χ3n) is 1.63. The van der Waals surface area contributed by atoms with Crippen molar-refractivity contribution < 1.29 is 8.60 Å². The molecule has 1 rings (SSSR count). The van der Waals surface area contributed by atoms with E-state index in [0.29, 0.717) is 0 Å². The number of hydrogen-bond donors (Lipinski definition) is 1. The van der Waals surface area contributed by atoms with Crippen LogP contribution in [0.5, 0.6) is 0 Å². The molecule has 0 fully saturated rings. The van der Waals surface area contributed by atoms with Crippen molar-refractivity contribution in [2.75, 3.05) is 5.73 Å². The molecule has 1 aromatic rings. The number of nitrogens with two attached hydrogens (primary N) is 1. The van der Waals surface area contributed by atoms with Crippen molar-refractivity contribution >= 4 is 16.5 Å². The van der Waals surface area contributed by atoms with Gasteiger partial charge >= 0.3 is 0 Å². The largest absolute Gasteiger partial charge is 0.399 e. The lowest BCUT2D eigenvalue weighted by Gasteiger charge is -2.04. The van der Waals surface area contributed by atoms with Crippen LogP contribution in [0.1, 0.15) is 6.92 Å². The van der Waals surface area contributed by atoms with Crippen LogP contribution < -0.4 is 5.73 Å². The fraction of sp³-hybridized carbons (Fsp3) is 0.222. The molecule has 2 unspecified atom stereocenters. The monoisotopic (exact) mass is 212 g/mol. The van der Waals surface area contributed by atoms with E-state index in [4.69, 9.17) is 11.0 Å². The Morgan fingerprint density at radius 3 is 2.71 bits per heavy atom. The van der Waals surface area contributed by atoms with Crippen LogP contribution in [-0.2, 0) is 10.8 Å². The third-order valence-corrected chi connectivity index (χ3v) is 3.08. The van der Waals surface area contributed by atoms with Gasteiger partial charge in [-0.05, 0) is 25.1 Å². The summed E-state index contributed by atoms with van der Waals surface area (Å²) in [5.74, 6) is -0.543. The Labute approximate surface area is 83.8 Å². The van der Waals surface area contributed by atoms with Gasteiger partial charge in [0, 0.05) is 10.6 Å². The molecular weight excluding hydrogens is 203 g/mol. The number of benzene rings is 1. The average molecular weight is 212 g/mol. The number of nitrogens with zero attached hydrogens (tertiary/aromatic N) is 1. The van der Waals surface area contributed by atoms with Gasteiger partial charge in [0.2, 0.25) is 0 Å². The zero-order valence-electron chi connectivity index (χ0n) is 7.53. The first-order valence-electron chi connectivity index (χ1n) is 3.91. The summed E-state index contributed by atoms with van der Waals surface area (Å²) in [6.07, 6.45) is 0. The number of hydrogen-bond acceptors (Lipinski definition) is 3. The van der Waals surface area contributed by atoms with Crippen LogP contribution in [-0.4, -0.2) is 9.46 Å². The first-order chi connectivity index (χ1) is 6.54. The molecular formula is C9H9FN2OS. The van der Waals surface area contributed by atoms with E-state index in [1.807, 2.05) is 6.07 Å². The smallest absolute Gasteiger partial charge is 0.126 e. The maximum Gasteiger partial charge on any atom is 0.126 e. The SMILES string of the molecule is CC(C#N)S(=O)c1cc(N)cc(F)c1. The van der Waals surface area contributed by atoms with Crippen LogP contribution in [0, 0.1) is 17.1 Å². The van der Waals surface area contributed by atoms with Crippen LogP contribution >= 0.6 is 0 Å². The number of nitriles is 1. The van der Waals surface area contributed by atoms with Gasteiger partial charge in [0.05, 0.1) is 16.9 Å². The van der Waals surface area contributed by atoms with Crippen LogP contribution in [0.4, 0.5) is 10.1 Å². The predicted octanol–water partition coefficient (Wildman–Crippen LogP) is 1.43. The molecule has 3 nitrogen and oxygen atoms in total. The van der Waals surface area contributed by atoms with E-state index in [0.717, 1.165) is 12.1 Å². The fourth-order valence-electron chi connectivity index (χ4n) is 0.953. The van der Waals surface area contributed by atoms with Gasteiger partial charge in [-0.15, -0.1) is 0 Å². The maximum absolute atomic E-state index is 12.9. The van der Waals surface area contributed by atoms with Gasteiger partial charge in [-0.25, -0.2) is 4.39 Å². The second-order valence-corrected chi connectivity index (χ2v) is 4.56. The summed E-state index contributed by atoms with van der Waals surface area (Å²) in [5, 5.41) is 7.87. The number of anilines is 1. The molecule has 0 radical (unpaired) electrons. The van der Waals surface area contributed by atoms with Gasteiger partial charge in [-0.1, -0.05) is 0 Å². The third kappa shape index (κ3) is 2.30. The van der Waals surface area contributed by atoms with Crippen LogP contribution in [0.15, 0.2) is 23.1 Å². The molecule has 1 aromatic carbocycles. The van der Waals surface area contributed by atoms with Gasteiger partial charge < -0.3 is 5.73 Å². The first kappa shape index (κ1) is 10.7. The molecule has 2 N–H and O–H groups in total. The van der Waals surface area contributed by atoms with Crippen molar-refractivity contribution in [3.63, 3.8) is 0 Å². The molecule has 0 spiro atoms. The minimum absolute atomic E-state index is 0.207. The molecule has 0 saturated carbocycles. The fourth-order valence-corrected chi connectivity index (χ4v) is 1.94. The summed E-state index contributed by atoms with van der Waals surface area (Å²) in [7, 11) is -1.53.